The molecule has 0 atom stereocenters. The number of rotatable bonds is 4. The standard InChI is InChI=1S/C17H16Cl2N2/c1-12-3-2-4-15-17(12)21(16(20-15)9-10-18)11-13-5-7-14(19)8-6-13/h2-8H,9-11H2,1H3. The Morgan fingerprint density at radius 3 is 2.57 bits per heavy atom. The Morgan fingerprint density at radius 2 is 1.86 bits per heavy atom. The lowest BCUT2D eigenvalue weighted by Gasteiger charge is -2.10. The van der Waals surface area contributed by atoms with Gasteiger partial charge in [-0.15, -0.1) is 11.6 Å². The van der Waals surface area contributed by atoms with Gasteiger partial charge in [-0.05, 0) is 36.2 Å². The van der Waals surface area contributed by atoms with Crippen LogP contribution in [0, 0.1) is 6.92 Å². The molecule has 1 heterocycles. The third kappa shape index (κ3) is 2.92. The molecule has 3 rings (SSSR count). The van der Waals surface area contributed by atoms with Gasteiger partial charge in [0.1, 0.15) is 5.82 Å². The van der Waals surface area contributed by atoms with Crippen molar-refractivity contribution in [3.8, 4) is 0 Å². The molecule has 0 bridgehead atoms. The van der Waals surface area contributed by atoms with Gasteiger partial charge < -0.3 is 4.57 Å². The van der Waals surface area contributed by atoms with E-state index in [1.807, 2.05) is 18.2 Å². The van der Waals surface area contributed by atoms with E-state index in [-0.39, 0.29) is 0 Å². The first-order valence-electron chi connectivity index (χ1n) is 6.94. The van der Waals surface area contributed by atoms with Crippen LogP contribution in [-0.4, -0.2) is 15.4 Å². The molecule has 0 aliphatic rings. The second-order valence-corrected chi connectivity index (χ2v) is 5.94. The summed E-state index contributed by atoms with van der Waals surface area (Å²) in [5, 5.41) is 0.756. The first kappa shape index (κ1) is 14.4. The number of aromatic nitrogens is 2. The molecule has 0 fully saturated rings. The molecule has 108 valence electrons. The van der Waals surface area contributed by atoms with E-state index in [0.717, 1.165) is 29.3 Å². The number of para-hydroxylation sites is 1. The molecule has 0 N–H and O–H groups in total. The summed E-state index contributed by atoms with van der Waals surface area (Å²) in [6.45, 7) is 2.90. The summed E-state index contributed by atoms with van der Waals surface area (Å²) >= 11 is 11.9. The van der Waals surface area contributed by atoms with Crippen LogP contribution in [0.25, 0.3) is 11.0 Å². The molecule has 1 aromatic heterocycles. The molecule has 0 radical (unpaired) electrons. The average molecular weight is 319 g/mol. The van der Waals surface area contributed by atoms with Crippen molar-refractivity contribution in [2.24, 2.45) is 0 Å². The lowest BCUT2D eigenvalue weighted by molar-refractivity contribution is 0.753. The van der Waals surface area contributed by atoms with E-state index in [1.165, 1.54) is 16.6 Å². The van der Waals surface area contributed by atoms with Crippen molar-refractivity contribution >= 4 is 34.2 Å². The monoisotopic (exact) mass is 318 g/mol. The van der Waals surface area contributed by atoms with Crippen LogP contribution in [0.5, 0.6) is 0 Å². The van der Waals surface area contributed by atoms with Gasteiger partial charge in [-0.25, -0.2) is 4.98 Å². The molecule has 0 aliphatic carbocycles. The van der Waals surface area contributed by atoms with Gasteiger partial charge in [-0.3, -0.25) is 0 Å². The summed E-state index contributed by atoms with van der Waals surface area (Å²) in [6.07, 6.45) is 0.767. The van der Waals surface area contributed by atoms with Crippen molar-refractivity contribution in [3.05, 3.63) is 64.4 Å². The molecular weight excluding hydrogens is 303 g/mol. The van der Waals surface area contributed by atoms with E-state index in [9.17, 15) is 0 Å². The van der Waals surface area contributed by atoms with Crippen LogP contribution in [0.1, 0.15) is 17.0 Å². The topological polar surface area (TPSA) is 17.8 Å². The third-order valence-electron chi connectivity index (χ3n) is 3.62. The van der Waals surface area contributed by atoms with Crippen molar-refractivity contribution in [3.63, 3.8) is 0 Å². The van der Waals surface area contributed by atoms with E-state index in [1.54, 1.807) is 0 Å². The Labute approximate surface area is 134 Å². The summed E-state index contributed by atoms with van der Waals surface area (Å²) in [7, 11) is 0. The second kappa shape index (κ2) is 6.08. The zero-order valence-corrected chi connectivity index (χ0v) is 13.3. The van der Waals surface area contributed by atoms with E-state index in [4.69, 9.17) is 28.2 Å². The van der Waals surface area contributed by atoms with Gasteiger partial charge in [0.25, 0.3) is 0 Å². The van der Waals surface area contributed by atoms with Gasteiger partial charge in [0.05, 0.1) is 11.0 Å². The predicted molar refractivity (Wildman–Crippen MR) is 89.4 cm³/mol. The maximum absolute atomic E-state index is 5.96. The molecule has 0 aliphatic heterocycles. The molecule has 21 heavy (non-hydrogen) atoms. The van der Waals surface area contributed by atoms with Crippen LogP contribution in [-0.2, 0) is 13.0 Å². The molecule has 3 aromatic rings. The van der Waals surface area contributed by atoms with Gasteiger partial charge in [-0.1, -0.05) is 35.9 Å². The van der Waals surface area contributed by atoms with Crippen molar-refractivity contribution in [1.82, 2.24) is 9.55 Å². The molecular formula is C17H16Cl2N2. The summed E-state index contributed by atoms with van der Waals surface area (Å²) < 4.78 is 2.26. The number of fused-ring (bicyclic) bond motifs is 1. The highest BCUT2D eigenvalue weighted by Gasteiger charge is 2.12. The number of nitrogens with zero attached hydrogens (tertiary/aromatic N) is 2. The van der Waals surface area contributed by atoms with Crippen LogP contribution in [0.4, 0.5) is 0 Å². The van der Waals surface area contributed by atoms with Gasteiger partial charge in [0.2, 0.25) is 0 Å². The maximum atomic E-state index is 5.96. The number of benzene rings is 2. The van der Waals surface area contributed by atoms with Crippen LogP contribution in [0.3, 0.4) is 0 Å². The number of alkyl halides is 1. The molecule has 0 amide bonds. The fourth-order valence-corrected chi connectivity index (χ4v) is 2.93. The Bertz CT molecular complexity index is 760. The van der Waals surface area contributed by atoms with Crippen molar-refractivity contribution in [2.75, 3.05) is 5.88 Å². The van der Waals surface area contributed by atoms with E-state index >= 15 is 0 Å². The number of imidazole rings is 1. The molecule has 2 nitrogen and oxygen atoms in total. The third-order valence-corrected chi connectivity index (χ3v) is 4.06. The number of aryl methyl sites for hydroxylation is 2. The Kier molecular flexibility index (Phi) is 4.18. The highest BCUT2D eigenvalue weighted by atomic mass is 35.5. The number of hydrogen-bond donors (Lipinski definition) is 0. The first-order valence-corrected chi connectivity index (χ1v) is 7.85. The summed E-state index contributed by atoms with van der Waals surface area (Å²) in [5.74, 6) is 1.60. The SMILES string of the molecule is Cc1cccc2nc(CCCl)n(Cc3ccc(Cl)cc3)c12. The quantitative estimate of drug-likeness (QED) is 0.630. The van der Waals surface area contributed by atoms with E-state index < -0.39 is 0 Å². The number of halogens is 2. The summed E-state index contributed by atoms with van der Waals surface area (Å²) in [5.41, 5.74) is 4.66. The fourth-order valence-electron chi connectivity index (χ4n) is 2.63. The van der Waals surface area contributed by atoms with Crippen molar-refractivity contribution < 1.29 is 0 Å². The van der Waals surface area contributed by atoms with Crippen molar-refractivity contribution in [1.29, 1.82) is 0 Å². The average Bonchev–Trinajstić information content (AvgIpc) is 2.81. The molecule has 0 unspecified atom stereocenters. The Hall–Kier alpha value is -1.51. The second-order valence-electron chi connectivity index (χ2n) is 5.12. The lowest BCUT2D eigenvalue weighted by Crippen LogP contribution is -2.06. The molecule has 0 saturated carbocycles. The van der Waals surface area contributed by atoms with Crippen LogP contribution in [0.15, 0.2) is 42.5 Å². The highest BCUT2D eigenvalue weighted by molar-refractivity contribution is 6.30. The molecule has 0 saturated heterocycles. The molecule has 2 aromatic carbocycles. The first-order chi connectivity index (χ1) is 10.2. The van der Waals surface area contributed by atoms with Crippen LogP contribution >= 0.6 is 23.2 Å². The smallest absolute Gasteiger partial charge is 0.111 e. The zero-order valence-electron chi connectivity index (χ0n) is 11.8. The van der Waals surface area contributed by atoms with Crippen molar-refractivity contribution in [2.45, 2.75) is 19.9 Å². The van der Waals surface area contributed by atoms with Crippen LogP contribution < -0.4 is 0 Å². The van der Waals surface area contributed by atoms with Gasteiger partial charge in [0, 0.05) is 23.9 Å². The fraction of sp³-hybridized carbons (Fsp3) is 0.235. The largest absolute Gasteiger partial charge is 0.323 e. The minimum absolute atomic E-state index is 0.572. The molecule has 0 spiro atoms. The number of hydrogen-bond acceptors (Lipinski definition) is 1. The molecule has 4 heteroatoms. The highest BCUT2D eigenvalue weighted by Crippen LogP contribution is 2.22. The van der Waals surface area contributed by atoms with E-state index in [2.05, 4.69) is 35.8 Å². The summed E-state index contributed by atoms with van der Waals surface area (Å²) in [6, 6.07) is 14.2. The summed E-state index contributed by atoms with van der Waals surface area (Å²) in [4.78, 5) is 4.73. The minimum atomic E-state index is 0.572. The van der Waals surface area contributed by atoms with E-state index in [0.29, 0.717) is 5.88 Å². The Morgan fingerprint density at radius 1 is 1.10 bits per heavy atom. The minimum Gasteiger partial charge on any atom is -0.323 e. The normalized spacial score (nSPS) is 11.2. The lowest BCUT2D eigenvalue weighted by atomic mass is 10.2. The van der Waals surface area contributed by atoms with Gasteiger partial charge in [0.15, 0.2) is 0 Å². The maximum Gasteiger partial charge on any atom is 0.111 e. The van der Waals surface area contributed by atoms with Crippen LogP contribution in [0.2, 0.25) is 5.02 Å². The van der Waals surface area contributed by atoms with Gasteiger partial charge in [-0.2, -0.15) is 0 Å². The van der Waals surface area contributed by atoms with Gasteiger partial charge >= 0.3 is 0 Å². The Balaban J connectivity index is 2.10. The predicted octanol–water partition coefficient (Wildman–Crippen LogP) is 4.83. The zero-order chi connectivity index (χ0) is 14.8.